The predicted octanol–water partition coefficient (Wildman–Crippen LogP) is 4.40. The Labute approximate surface area is 210 Å². The number of hydrogen-bond acceptors (Lipinski definition) is 7. The molecule has 1 saturated heterocycles. The summed E-state index contributed by atoms with van der Waals surface area (Å²) in [5, 5.41) is 9.33. The van der Waals surface area contributed by atoms with E-state index in [1.807, 2.05) is 13.8 Å². The van der Waals surface area contributed by atoms with Crippen LogP contribution in [0.2, 0.25) is 0 Å². The molecule has 2 aromatic carbocycles. The van der Waals surface area contributed by atoms with Gasteiger partial charge in [-0.05, 0) is 61.8 Å². The zero-order valence-electron chi connectivity index (χ0n) is 20.2. The largest absolute Gasteiger partial charge is 0.511 e. The fourth-order valence-electron chi connectivity index (χ4n) is 4.60. The average molecular weight is 520 g/mol. The molecule has 2 aromatic rings. The highest BCUT2D eigenvalue weighted by atomic mass is 32.2. The van der Waals surface area contributed by atoms with E-state index < -0.39 is 22.0 Å². The molecule has 4 rings (SSSR count). The standard InChI is InChI=1S/C25H30FN3O6S/c1-3-28(4-2)13-5-7-17-15-18(26)9-12-22(17)36(32,33)27-20-10-11-21-24(23(20)35-25(30)31)34-16-19-8-6-14-29(19)21/h5,7,9-12,15,19,27H,3-4,6,8,13-14,16H2,1-2H3,(H,30,31)/b7-5-/t19-/m1/s1. The summed E-state index contributed by atoms with van der Waals surface area (Å²) in [7, 11) is -4.25. The van der Waals surface area contributed by atoms with Crippen LogP contribution in [0.5, 0.6) is 11.5 Å². The quantitative estimate of drug-likeness (QED) is 0.371. The zero-order valence-corrected chi connectivity index (χ0v) is 21.1. The van der Waals surface area contributed by atoms with Crippen LogP contribution in [-0.2, 0) is 10.0 Å². The highest BCUT2D eigenvalue weighted by Gasteiger charge is 2.35. The fourth-order valence-corrected chi connectivity index (χ4v) is 5.84. The van der Waals surface area contributed by atoms with E-state index in [4.69, 9.17) is 9.47 Å². The van der Waals surface area contributed by atoms with Crippen molar-refractivity contribution in [2.45, 2.75) is 37.6 Å². The normalized spacial score (nSPS) is 17.1. The topological polar surface area (TPSA) is 108 Å². The van der Waals surface area contributed by atoms with Crippen LogP contribution in [0.15, 0.2) is 41.3 Å². The van der Waals surface area contributed by atoms with Gasteiger partial charge in [0, 0.05) is 13.1 Å². The molecule has 36 heavy (non-hydrogen) atoms. The molecule has 0 aliphatic carbocycles. The summed E-state index contributed by atoms with van der Waals surface area (Å²) in [5.74, 6) is -0.627. The Kier molecular flexibility index (Phi) is 7.70. The second-order valence-electron chi connectivity index (χ2n) is 8.63. The van der Waals surface area contributed by atoms with E-state index in [-0.39, 0.29) is 33.7 Å². The smallest absolute Gasteiger partial charge is 0.485 e. The number of nitrogens with one attached hydrogen (secondary N) is 1. The van der Waals surface area contributed by atoms with Crippen LogP contribution in [0.3, 0.4) is 0 Å². The van der Waals surface area contributed by atoms with Crippen LogP contribution < -0.4 is 19.1 Å². The first-order chi connectivity index (χ1) is 17.2. The van der Waals surface area contributed by atoms with Gasteiger partial charge in [-0.1, -0.05) is 26.0 Å². The number of halogens is 1. The average Bonchev–Trinajstić information content (AvgIpc) is 3.32. The monoisotopic (exact) mass is 519 g/mol. The van der Waals surface area contributed by atoms with Crippen LogP contribution in [0.25, 0.3) is 6.08 Å². The number of sulfonamides is 1. The Balaban J connectivity index is 1.69. The van der Waals surface area contributed by atoms with E-state index >= 15 is 0 Å². The molecule has 2 N–H and O–H groups in total. The number of nitrogens with zero attached hydrogens (tertiary/aromatic N) is 2. The molecule has 1 fully saturated rings. The van der Waals surface area contributed by atoms with Gasteiger partial charge < -0.3 is 24.4 Å². The minimum absolute atomic E-state index is 0.0869. The summed E-state index contributed by atoms with van der Waals surface area (Å²) in [6.07, 6.45) is 3.68. The van der Waals surface area contributed by atoms with Crippen molar-refractivity contribution in [1.82, 2.24) is 4.90 Å². The van der Waals surface area contributed by atoms with Crippen LogP contribution in [0, 0.1) is 5.82 Å². The zero-order chi connectivity index (χ0) is 25.9. The van der Waals surface area contributed by atoms with Crippen LogP contribution in [0.4, 0.5) is 20.6 Å². The minimum atomic E-state index is -4.25. The molecule has 9 nitrogen and oxygen atoms in total. The molecular formula is C25H30FN3O6S. The number of carbonyl (C=O) groups is 1. The van der Waals surface area contributed by atoms with Crippen LogP contribution in [0.1, 0.15) is 32.3 Å². The lowest BCUT2D eigenvalue weighted by Crippen LogP contribution is -2.38. The Hall–Kier alpha value is -3.31. The first-order valence-corrected chi connectivity index (χ1v) is 13.4. The van der Waals surface area contributed by atoms with Gasteiger partial charge in [-0.15, -0.1) is 0 Å². The Morgan fingerprint density at radius 1 is 1.31 bits per heavy atom. The van der Waals surface area contributed by atoms with Gasteiger partial charge in [-0.2, -0.15) is 0 Å². The van der Waals surface area contributed by atoms with E-state index in [0.29, 0.717) is 18.8 Å². The molecule has 194 valence electrons. The molecule has 0 radical (unpaired) electrons. The van der Waals surface area contributed by atoms with E-state index in [9.17, 15) is 22.7 Å². The van der Waals surface area contributed by atoms with Crippen molar-refractivity contribution in [1.29, 1.82) is 0 Å². The number of hydrogen-bond donors (Lipinski definition) is 2. The SMILES string of the molecule is CCN(CC)C/C=C\c1cc(F)ccc1S(=O)(=O)Nc1ccc2c(c1OC(=O)O)OC[C@H]1CCCN21. The minimum Gasteiger partial charge on any atom is -0.485 e. The second-order valence-corrected chi connectivity index (χ2v) is 10.3. The molecule has 11 heteroatoms. The van der Waals surface area contributed by atoms with Gasteiger partial charge in [-0.25, -0.2) is 17.6 Å². The van der Waals surface area contributed by atoms with E-state index in [1.165, 1.54) is 12.1 Å². The maximum Gasteiger partial charge on any atom is 0.511 e. The van der Waals surface area contributed by atoms with Gasteiger partial charge in [0.2, 0.25) is 5.75 Å². The highest BCUT2D eigenvalue weighted by Crippen LogP contribution is 2.48. The van der Waals surface area contributed by atoms with Gasteiger partial charge in [0.25, 0.3) is 10.0 Å². The number of benzene rings is 2. The predicted molar refractivity (Wildman–Crippen MR) is 135 cm³/mol. The summed E-state index contributed by atoms with van der Waals surface area (Å²) < 4.78 is 54.1. The summed E-state index contributed by atoms with van der Waals surface area (Å²) in [4.78, 5) is 15.5. The fraction of sp³-hybridized carbons (Fsp3) is 0.400. The molecule has 2 aliphatic rings. The first kappa shape index (κ1) is 25.8. The van der Waals surface area contributed by atoms with Crippen molar-refractivity contribution < 1.29 is 32.2 Å². The maximum atomic E-state index is 14.0. The number of rotatable bonds is 9. The van der Waals surface area contributed by atoms with Gasteiger partial charge in [0.1, 0.15) is 12.4 Å². The second kappa shape index (κ2) is 10.8. The van der Waals surface area contributed by atoms with Crippen molar-refractivity contribution in [2.24, 2.45) is 0 Å². The summed E-state index contributed by atoms with van der Waals surface area (Å²) in [6, 6.07) is 6.71. The van der Waals surface area contributed by atoms with E-state index in [0.717, 1.165) is 44.6 Å². The van der Waals surface area contributed by atoms with Crippen molar-refractivity contribution >= 4 is 33.6 Å². The molecule has 0 unspecified atom stereocenters. The summed E-state index contributed by atoms with van der Waals surface area (Å²) in [5.41, 5.74) is 0.741. The molecule has 0 saturated carbocycles. The summed E-state index contributed by atoms with van der Waals surface area (Å²) >= 11 is 0. The lowest BCUT2D eigenvalue weighted by Gasteiger charge is -2.34. The molecule has 0 aromatic heterocycles. The molecule has 2 heterocycles. The number of carboxylic acid groups (broad SMARTS) is 1. The van der Waals surface area contributed by atoms with Gasteiger partial charge in [0.05, 0.1) is 22.3 Å². The Bertz CT molecular complexity index is 1260. The third-order valence-corrected chi connectivity index (χ3v) is 7.89. The van der Waals surface area contributed by atoms with Crippen molar-refractivity contribution in [3.05, 3.63) is 47.8 Å². The van der Waals surface area contributed by atoms with Crippen molar-refractivity contribution in [3.8, 4) is 11.5 Å². The van der Waals surface area contributed by atoms with Gasteiger partial charge >= 0.3 is 6.16 Å². The lowest BCUT2D eigenvalue weighted by atomic mass is 10.1. The molecule has 0 spiro atoms. The molecular weight excluding hydrogens is 489 g/mol. The molecule has 1 atom stereocenters. The number of likely N-dealkylation sites (N-methyl/N-ethyl adjacent to an activating group) is 1. The lowest BCUT2D eigenvalue weighted by molar-refractivity contribution is 0.141. The Morgan fingerprint density at radius 2 is 2.08 bits per heavy atom. The molecule has 0 bridgehead atoms. The van der Waals surface area contributed by atoms with E-state index in [2.05, 4.69) is 14.5 Å². The summed E-state index contributed by atoms with van der Waals surface area (Å²) in [6.45, 7) is 7.39. The Morgan fingerprint density at radius 3 is 2.81 bits per heavy atom. The third-order valence-electron chi connectivity index (χ3n) is 6.45. The van der Waals surface area contributed by atoms with E-state index in [1.54, 1.807) is 18.2 Å². The van der Waals surface area contributed by atoms with Crippen LogP contribution in [-0.4, -0.2) is 63.4 Å². The maximum absolute atomic E-state index is 14.0. The first-order valence-electron chi connectivity index (χ1n) is 11.9. The third kappa shape index (κ3) is 5.41. The van der Waals surface area contributed by atoms with Crippen LogP contribution >= 0.6 is 0 Å². The number of fused-ring (bicyclic) bond motifs is 3. The van der Waals surface area contributed by atoms with Gasteiger partial charge in [0.15, 0.2) is 5.75 Å². The van der Waals surface area contributed by atoms with Crippen molar-refractivity contribution in [2.75, 3.05) is 42.4 Å². The van der Waals surface area contributed by atoms with Crippen molar-refractivity contribution in [3.63, 3.8) is 0 Å². The number of anilines is 2. The molecule has 2 aliphatic heterocycles. The van der Waals surface area contributed by atoms with Gasteiger partial charge in [-0.3, -0.25) is 4.72 Å². The number of ether oxygens (including phenoxy) is 2. The highest BCUT2D eigenvalue weighted by molar-refractivity contribution is 7.92. The molecule has 0 amide bonds.